The number of carboxylic acid groups (broad SMARTS) is 1. The lowest BCUT2D eigenvalue weighted by atomic mass is 9.33. The number of rotatable bonds is 11. The van der Waals surface area contributed by atoms with E-state index in [1.54, 1.807) is 0 Å². The summed E-state index contributed by atoms with van der Waals surface area (Å²) in [5, 5.41) is 13.7. The van der Waals surface area contributed by atoms with Crippen LogP contribution in [-0.4, -0.2) is 91.5 Å². The van der Waals surface area contributed by atoms with Gasteiger partial charge in [0.15, 0.2) is 9.84 Å². The van der Waals surface area contributed by atoms with Gasteiger partial charge in [-0.2, -0.15) is 0 Å². The third kappa shape index (κ3) is 6.75. The van der Waals surface area contributed by atoms with Crippen LogP contribution >= 0.6 is 0 Å². The van der Waals surface area contributed by atoms with E-state index in [4.69, 9.17) is 0 Å². The Balaban J connectivity index is 1.06. The highest BCUT2D eigenvalue weighted by atomic mass is 32.2. The summed E-state index contributed by atoms with van der Waals surface area (Å²) in [7, 11) is -2.84. The van der Waals surface area contributed by atoms with Crippen molar-refractivity contribution in [2.45, 2.75) is 150 Å². The fourth-order valence-electron chi connectivity index (χ4n) is 15.8. The van der Waals surface area contributed by atoms with Crippen molar-refractivity contribution in [1.82, 2.24) is 15.1 Å². The zero-order chi connectivity index (χ0) is 39.0. The minimum atomic E-state index is -2.84. The van der Waals surface area contributed by atoms with Crippen molar-refractivity contribution in [3.63, 3.8) is 0 Å². The molecule has 9 atom stereocenters. The molecule has 9 heteroatoms. The van der Waals surface area contributed by atoms with E-state index < -0.39 is 15.8 Å². The van der Waals surface area contributed by atoms with E-state index in [2.05, 4.69) is 63.2 Å². The molecule has 0 radical (unpaired) electrons. The molecule has 0 spiro atoms. The third-order valence-corrected chi connectivity index (χ3v) is 20.3. The number of likely N-dealkylation sites (tertiary alicyclic amines) is 1. The number of sulfone groups is 1. The second-order valence-electron chi connectivity index (χ2n) is 21.5. The second-order valence-corrected chi connectivity index (χ2v) is 23.8. The van der Waals surface area contributed by atoms with Crippen LogP contribution in [0.5, 0.6) is 0 Å². The summed E-state index contributed by atoms with van der Waals surface area (Å²) in [5.41, 5.74) is 1.79. The van der Waals surface area contributed by atoms with Gasteiger partial charge in [0.25, 0.3) is 0 Å². The molecule has 7 aliphatic rings. The van der Waals surface area contributed by atoms with E-state index in [9.17, 15) is 23.1 Å². The average Bonchev–Trinajstić information content (AvgIpc) is 3.70. The summed E-state index contributed by atoms with van der Waals surface area (Å²) in [6.45, 7) is 24.8. The first-order valence-corrected chi connectivity index (χ1v) is 23.9. The third-order valence-electron chi connectivity index (χ3n) is 18.7. The topological polar surface area (TPSA) is 107 Å². The molecule has 2 aliphatic heterocycles. The van der Waals surface area contributed by atoms with Crippen molar-refractivity contribution >= 4 is 21.7 Å². The van der Waals surface area contributed by atoms with Crippen molar-refractivity contribution in [3.05, 3.63) is 12.2 Å². The van der Waals surface area contributed by atoms with Crippen LogP contribution in [-0.2, 0) is 19.4 Å². The molecule has 1 amide bonds. The van der Waals surface area contributed by atoms with E-state index in [0.29, 0.717) is 66.0 Å². The van der Waals surface area contributed by atoms with Crippen molar-refractivity contribution in [2.75, 3.05) is 50.8 Å². The molecular formula is C45H75N3O5S. The Bertz CT molecular complexity index is 1560. The molecule has 7 fully saturated rings. The summed E-state index contributed by atoms with van der Waals surface area (Å²) in [6, 6.07) is 0. The van der Waals surface area contributed by atoms with Crippen LogP contribution in [0.25, 0.3) is 0 Å². The summed E-state index contributed by atoms with van der Waals surface area (Å²) in [5.74, 6) is 3.07. The number of fused-ring (bicyclic) bond motifs is 7. The lowest BCUT2D eigenvalue weighted by molar-refractivity contribution is -0.241. The Hall–Kier alpha value is -1.45. The summed E-state index contributed by atoms with van der Waals surface area (Å²) in [4.78, 5) is 30.7. The number of piperidine rings is 1. The molecule has 0 bridgehead atoms. The quantitative estimate of drug-likeness (QED) is 0.162. The minimum absolute atomic E-state index is 0.119. The van der Waals surface area contributed by atoms with E-state index in [1.807, 2.05) is 0 Å². The van der Waals surface area contributed by atoms with E-state index in [0.717, 1.165) is 71.1 Å². The summed E-state index contributed by atoms with van der Waals surface area (Å²) in [6.07, 6.45) is 16.5. The number of hydrogen-bond donors (Lipinski definition) is 2. The predicted molar refractivity (Wildman–Crippen MR) is 217 cm³/mol. The van der Waals surface area contributed by atoms with Crippen LogP contribution in [0.3, 0.4) is 0 Å². The predicted octanol–water partition coefficient (Wildman–Crippen LogP) is 7.97. The van der Waals surface area contributed by atoms with E-state index in [-0.39, 0.29) is 39.5 Å². The minimum Gasteiger partial charge on any atom is -0.481 e. The Morgan fingerprint density at radius 1 is 0.815 bits per heavy atom. The number of carbonyl (C=O) groups excluding carboxylic acids is 1. The molecule has 1 unspecified atom stereocenters. The van der Waals surface area contributed by atoms with Gasteiger partial charge in [-0.3, -0.25) is 9.59 Å². The van der Waals surface area contributed by atoms with Gasteiger partial charge in [0, 0.05) is 38.1 Å². The van der Waals surface area contributed by atoms with Crippen LogP contribution in [0.15, 0.2) is 12.2 Å². The maximum absolute atomic E-state index is 14.2. The van der Waals surface area contributed by atoms with Gasteiger partial charge < -0.3 is 20.2 Å². The van der Waals surface area contributed by atoms with Crippen LogP contribution in [0, 0.1) is 56.7 Å². The van der Waals surface area contributed by atoms with Crippen molar-refractivity contribution in [2.24, 2.45) is 56.7 Å². The van der Waals surface area contributed by atoms with Crippen molar-refractivity contribution in [1.29, 1.82) is 0 Å². The molecule has 7 rings (SSSR count). The maximum Gasteiger partial charge on any atom is 0.303 e. The number of nitrogens with one attached hydrogen (secondary N) is 1. The van der Waals surface area contributed by atoms with Gasteiger partial charge in [0.05, 0.1) is 17.9 Å². The molecule has 0 aromatic carbocycles. The molecule has 306 valence electrons. The molecule has 2 heterocycles. The van der Waals surface area contributed by atoms with Gasteiger partial charge in [-0.1, -0.05) is 45.8 Å². The van der Waals surface area contributed by atoms with Crippen molar-refractivity contribution in [3.8, 4) is 0 Å². The highest BCUT2D eigenvalue weighted by molar-refractivity contribution is 7.91. The first-order chi connectivity index (χ1) is 25.3. The van der Waals surface area contributed by atoms with E-state index >= 15 is 0 Å². The molecule has 5 aliphatic carbocycles. The lowest BCUT2D eigenvalue weighted by Gasteiger charge is -2.73. The largest absolute Gasteiger partial charge is 0.481 e. The molecular weight excluding hydrogens is 695 g/mol. The van der Waals surface area contributed by atoms with E-state index in [1.165, 1.54) is 50.5 Å². The number of allylic oxidation sites excluding steroid dienone is 1. The van der Waals surface area contributed by atoms with Crippen molar-refractivity contribution < 1.29 is 23.1 Å². The second kappa shape index (κ2) is 14.4. The van der Waals surface area contributed by atoms with Gasteiger partial charge in [0.1, 0.15) is 0 Å². The van der Waals surface area contributed by atoms with Gasteiger partial charge in [-0.05, 0) is 168 Å². The van der Waals surface area contributed by atoms with Crippen LogP contribution in [0.1, 0.15) is 144 Å². The van der Waals surface area contributed by atoms with Crippen LogP contribution in [0.4, 0.5) is 0 Å². The van der Waals surface area contributed by atoms with Gasteiger partial charge in [-0.25, -0.2) is 8.42 Å². The number of nitrogens with zero attached hydrogens (tertiary/aromatic N) is 2. The maximum atomic E-state index is 14.2. The molecule has 2 saturated heterocycles. The highest BCUT2D eigenvalue weighted by Gasteiger charge is 2.71. The van der Waals surface area contributed by atoms with Crippen LogP contribution in [0.2, 0.25) is 0 Å². The molecule has 0 aromatic rings. The molecule has 5 saturated carbocycles. The molecule has 8 nitrogen and oxygen atoms in total. The zero-order valence-corrected chi connectivity index (χ0v) is 35.8. The number of aliphatic carboxylic acids is 1. The molecule has 54 heavy (non-hydrogen) atoms. The smallest absolute Gasteiger partial charge is 0.303 e. The number of hydrogen-bond acceptors (Lipinski definition) is 6. The number of carbonyl (C=O) groups is 2. The van der Waals surface area contributed by atoms with Gasteiger partial charge in [-0.15, -0.1) is 0 Å². The normalized spacial score (nSPS) is 42.3. The fraction of sp³-hybridized carbons (Fsp3) is 0.911. The first kappa shape index (κ1) is 40.7. The molecule has 0 aromatic heterocycles. The Kier molecular flexibility index (Phi) is 10.9. The summed E-state index contributed by atoms with van der Waals surface area (Å²) >= 11 is 0. The SMILES string of the molecule is C=C(C)[C@@H]1CCC2(CNCCCN3CCS(=O)(=O)CC3)CC[C@]3(C)[C@H](CC[C@@H]4[C@@]5(C)CCN(C(=O)CC6(CC(=O)O)CCCC6)C(C)(C)[C@@H]5CC[C@]43C)[C@@H]12. The van der Waals surface area contributed by atoms with Gasteiger partial charge in [0.2, 0.25) is 5.91 Å². The lowest BCUT2D eigenvalue weighted by Crippen LogP contribution is -2.70. The Morgan fingerprint density at radius 2 is 1.52 bits per heavy atom. The summed E-state index contributed by atoms with van der Waals surface area (Å²) < 4.78 is 23.8. The van der Waals surface area contributed by atoms with Crippen LogP contribution < -0.4 is 5.32 Å². The first-order valence-electron chi connectivity index (χ1n) is 22.1. The monoisotopic (exact) mass is 770 g/mol. The Labute approximate surface area is 328 Å². The average molecular weight is 770 g/mol. The number of carboxylic acids is 1. The standard InChI is InChI=1S/C45H75N3O5S/c1-32(2)33-13-18-45(31-46-22-10-23-47-25-27-54(52,53)28-26-47)20-19-42(6)34(39(33)45)11-12-36-41(5)21-24-48(40(3,4)35(41)14-17-43(36,42)7)37(49)29-44(30-38(50)51)15-8-9-16-44/h33-36,39,46H,1,8-31H2,2-7H3,(H,50,51)/t33-,34+,35-,36+,39+,41-,42+,43+,45?/m0/s1. The van der Waals surface area contributed by atoms with Gasteiger partial charge >= 0.3 is 5.97 Å². The number of amides is 1. The zero-order valence-electron chi connectivity index (χ0n) is 34.9. The fourth-order valence-corrected chi connectivity index (χ4v) is 17.0. The Morgan fingerprint density at radius 3 is 2.19 bits per heavy atom. The molecule has 2 N–H and O–H groups in total. The highest BCUT2D eigenvalue weighted by Crippen LogP contribution is 2.77.